The Morgan fingerprint density at radius 1 is 1.32 bits per heavy atom. The quantitative estimate of drug-likeness (QED) is 0.438. The van der Waals surface area contributed by atoms with Crippen LogP contribution in [0.4, 0.5) is 0 Å². The number of morpholine rings is 1. The molecular weight excluding hydrogens is 356 g/mol. The maximum absolute atomic E-state index is 10.7. The number of β-amino-alcohol motifs (C(OH)–C–C–N with tert-alkyl or cyclic N) is 1. The molecule has 2 rings (SSSR count). The van der Waals surface area contributed by atoms with Gasteiger partial charge in [0.15, 0.2) is 5.96 Å². The van der Waals surface area contributed by atoms with Crippen LogP contribution in [0.2, 0.25) is 0 Å². The molecule has 1 aliphatic rings. The number of aliphatic imine (C=N–C) groups is 1. The van der Waals surface area contributed by atoms with Gasteiger partial charge in [0.1, 0.15) is 5.75 Å². The summed E-state index contributed by atoms with van der Waals surface area (Å²) in [6.07, 6.45) is 0.145. The molecule has 0 aromatic heterocycles. The molecule has 1 aromatic rings. The summed E-state index contributed by atoms with van der Waals surface area (Å²) in [7, 11) is 0. The van der Waals surface area contributed by atoms with E-state index < -0.39 is 5.60 Å². The first kappa shape index (κ1) is 22.5. The molecule has 3 N–H and O–H groups in total. The van der Waals surface area contributed by atoms with E-state index in [9.17, 15) is 5.11 Å². The van der Waals surface area contributed by atoms with Crippen molar-refractivity contribution in [2.24, 2.45) is 4.99 Å². The number of guanidine groups is 1. The number of nitrogens with zero attached hydrogens (tertiary/aromatic N) is 2. The average Bonchev–Trinajstić information content (AvgIpc) is 2.64. The van der Waals surface area contributed by atoms with E-state index in [0.717, 1.165) is 44.2 Å². The average molecular weight is 393 g/mol. The van der Waals surface area contributed by atoms with Crippen LogP contribution in [-0.4, -0.2) is 73.6 Å². The largest absolute Gasteiger partial charge is 0.491 e. The maximum atomic E-state index is 10.7. The number of hydrogen-bond donors (Lipinski definition) is 3. The lowest BCUT2D eigenvalue weighted by molar-refractivity contribution is -0.0201. The lowest BCUT2D eigenvalue weighted by Gasteiger charge is -2.34. The molecule has 0 bridgehead atoms. The van der Waals surface area contributed by atoms with Gasteiger partial charge in [0.05, 0.1) is 31.5 Å². The van der Waals surface area contributed by atoms with E-state index in [-0.39, 0.29) is 6.10 Å². The third-order valence-electron chi connectivity index (χ3n) is 4.34. The van der Waals surface area contributed by atoms with E-state index in [1.165, 1.54) is 0 Å². The van der Waals surface area contributed by atoms with Crippen molar-refractivity contribution in [3.8, 4) is 5.75 Å². The molecule has 7 nitrogen and oxygen atoms in total. The number of nitrogens with one attached hydrogen (secondary N) is 2. The van der Waals surface area contributed by atoms with Gasteiger partial charge in [0.2, 0.25) is 0 Å². The summed E-state index contributed by atoms with van der Waals surface area (Å²) >= 11 is 0. The topological polar surface area (TPSA) is 78.4 Å². The molecule has 0 aliphatic carbocycles. The Kier molecular flexibility index (Phi) is 9.02. The number of benzene rings is 1. The maximum Gasteiger partial charge on any atom is 0.191 e. The SMILES string of the molecule is CCNC(=NCc1cccc(OC(C)C)c1)NCC(C)(O)CN1CCOCC1. The third kappa shape index (κ3) is 8.46. The van der Waals surface area contributed by atoms with Gasteiger partial charge < -0.3 is 25.2 Å². The fraction of sp³-hybridized carbons (Fsp3) is 0.667. The molecule has 0 amide bonds. The molecule has 7 heteroatoms. The highest BCUT2D eigenvalue weighted by Gasteiger charge is 2.25. The van der Waals surface area contributed by atoms with Crippen LogP contribution in [0, 0.1) is 0 Å². The second-order valence-electron chi connectivity index (χ2n) is 7.75. The normalized spacial score (nSPS) is 18.0. The highest BCUT2D eigenvalue weighted by atomic mass is 16.5. The zero-order valence-corrected chi connectivity index (χ0v) is 17.7. The van der Waals surface area contributed by atoms with Crippen LogP contribution in [0.5, 0.6) is 5.75 Å². The molecule has 1 atom stereocenters. The van der Waals surface area contributed by atoms with Gasteiger partial charge in [-0.25, -0.2) is 4.99 Å². The standard InChI is InChI=1S/C21H36N4O3/c1-5-22-20(23-14-18-7-6-8-19(13-18)28-17(2)3)24-15-21(4,26)16-25-9-11-27-12-10-25/h6-8,13,17,26H,5,9-12,14-16H2,1-4H3,(H2,22,23,24). The molecule has 1 aromatic carbocycles. The molecule has 1 aliphatic heterocycles. The van der Waals surface area contributed by atoms with Crippen molar-refractivity contribution in [1.82, 2.24) is 15.5 Å². The Balaban J connectivity index is 1.90. The van der Waals surface area contributed by atoms with Crippen molar-refractivity contribution in [3.05, 3.63) is 29.8 Å². The van der Waals surface area contributed by atoms with Crippen LogP contribution in [0.3, 0.4) is 0 Å². The minimum Gasteiger partial charge on any atom is -0.491 e. The van der Waals surface area contributed by atoms with Gasteiger partial charge in [-0.2, -0.15) is 0 Å². The molecule has 0 saturated carbocycles. The molecule has 1 heterocycles. The Morgan fingerprint density at radius 3 is 2.75 bits per heavy atom. The highest BCUT2D eigenvalue weighted by molar-refractivity contribution is 5.79. The molecule has 158 valence electrons. The molecule has 1 unspecified atom stereocenters. The number of aliphatic hydroxyl groups is 1. The Hall–Kier alpha value is -1.83. The number of hydrogen-bond acceptors (Lipinski definition) is 5. The first-order valence-electron chi connectivity index (χ1n) is 10.2. The predicted molar refractivity (Wildman–Crippen MR) is 113 cm³/mol. The molecule has 28 heavy (non-hydrogen) atoms. The van der Waals surface area contributed by atoms with E-state index in [1.54, 1.807) is 0 Å². The van der Waals surface area contributed by atoms with Crippen LogP contribution in [0.25, 0.3) is 0 Å². The van der Waals surface area contributed by atoms with E-state index in [0.29, 0.717) is 25.6 Å². The molecule has 1 saturated heterocycles. The summed E-state index contributed by atoms with van der Waals surface area (Å²) in [5.74, 6) is 1.55. The summed E-state index contributed by atoms with van der Waals surface area (Å²) in [4.78, 5) is 6.88. The molecular formula is C21H36N4O3. The van der Waals surface area contributed by atoms with Crippen LogP contribution >= 0.6 is 0 Å². The van der Waals surface area contributed by atoms with E-state index in [4.69, 9.17) is 9.47 Å². The summed E-state index contributed by atoms with van der Waals surface area (Å²) in [5.41, 5.74) is 0.230. The number of ether oxygens (including phenoxy) is 2. The van der Waals surface area contributed by atoms with Crippen LogP contribution < -0.4 is 15.4 Å². The van der Waals surface area contributed by atoms with Gasteiger partial charge in [-0.1, -0.05) is 12.1 Å². The minimum atomic E-state index is -0.849. The van der Waals surface area contributed by atoms with Crippen molar-refractivity contribution in [2.45, 2.75) is 45.9 Å². The van der Waals surface area contributed by atoms with Gasteiger partial charge in [0, 0.05) is 32.7 Å². The second kappa shape index (κ2) is 11.2. The van der Waals surface area contributed by atoms with Crippen LogP contribution in [-0.2, 0) is 11.3 Å². The fourth-order valence-corrected chi connectivity index (χ4v) is 3.07. The predicted octanol–water partition coefficient (Wildman–Crippen LogP) is 1.61. The first-order valence-corrected chi connectivity index (χ1v) is 10.2. The second-order valence-corrected chi connectivity index (χ2v) is 7.75. The first-order chi connectivity index (χ1) is 13.4. The van der Waals surface area contributed by atoms with Gasteiger partial charge in [-0.3, -0.25) is 4.90 Å². The number of rotatable bonds is 9. The van der Waals surface area contributed by atoms with E-state index in [1.807, 2.05) is 52.0 Å². The van der Waals surface area contributed by atoms with Gasteiger partial charge in [0.25, 0.3) is 0 Å². The van der Waals surface area contributed by atoms with Gasteiger partial charge in [-0.15, -0.1) is 0 Å². The summed E-state index contributed by atoms with van der Waals surface area (Å²) in [5, 5.41) is 17.3. The fourth-order valence-electron chi connectivity index (χ4n) is 3.07. The Labute approximate surface area is 169 Å². The van der Waals surface area contributed by atoms with Crippen molar-refractivity contribution in [1.29, 1.82) is 0 Å². The lowest BCUT2D eigenvalue weighted by Crippen LogP contribution is -2.52. The van der Waals surface area contributed by atoms with Crippen molar-refractivity contribution >= 4 is 5.96 Å². The summed E-state index contributed by atoms with van der Waals surface area (Å²) < 4.78 is 11.1. The molecule has 0 spiro atoms. The summed E-state index contributed by atoms with van der Waals surface area (Å²) in [6.45, 7) is 13.4. The van der Waals surface area contributed by atoms with Gasteiger partial charge in [-0.05, 0) is 45.4 Å². The van der Waals surface area contributed by atoms with Gasteiger partial charge >= 0.3 is 0 Å². The monoisotopic (exact) mass is 392 g/mol. The smallest absolute Gasteiger partial charge is 0.191 e. The van der Waals surface area contributed by atoms with Crippen molar-refractivity contribution in [3.63, 3.8) is 0 Å². The summed E-state index contributed by atoms with van der Waals surface area (Å²) in [6, 6.07) is 7.99. The highest BCUT2D eigenvalue weighted by Crippen LogP contribution is 2.15. The lowest BCUT2D eigenvalue weighted by atomic mass is 10.1. The Morgan fingerprint density at radius 2 is 2.07 bits per heavy atom. The zero-order chi connectivity index (χ0) is 20.4. The third-order valence-corrected chi connectivity index (χ3v) is 4.34. The Bertz CT molecular complexity index is 613. The zero-order valence-electron chi connectivity index (χ0n) is 17.7. The van der Waals surface area contributed by atoms with Crippen LogP contribution in [0.15, 0.2) is 29.3 Å². The molecule has 0 radical (unpaired) electrons. The van der Waals surface area contributed by atoms with E-state index in [2.05, 4.69) is 20.5 Å². The van der Waals surface area contributed by atoms with Crippen molar-refractivity contribution < 1.29 is 14.6 Å². The van der Waals surface area contributed by atoms with E-state index >= 15 is 0 Å². The molecule has 1 fully saturated rings. The van der Waals surface area contributed by atoms with Crippen LogP contribution in [0.1, 0.15) is 33.3 Å². The van der Waals surface area contributed by atoms with Crippen molar-refractivity contribution in [2.75, 3.05) is 45.9 Å². The minimum absolute atomic E-state index is 0.145.